The Balaban J connectivity index is 0.000000637. The number of cyclic esters (lactones) is 1. The van der Waals surface area contributed by atoms with Crippen LogP contribution in [0.5, 0.6) is 0 Å². The molecule has 2 nitrogen and oxygen atoms in total. The second kappa shape index (κ2) is 6.01. The molecule has 0 saturated heterocycles. The number of hydrogen-bond acceptors (Lipinski definition) is 2. The molecule has 0 aromatic heterocycles. The van der Waals surface area contributed by atoms with Crippen molar-refractivity contribution >= 4 is 17.8 Å². The standard InChI is InChI=1S/C15H10O2.C2H6/c16-15-13-9-5-4-8-12(13)14(17-15)10-11-6-2-1-3-7-11;1-2/h1-10H;1-2H3/b14-10-;. The van der Waals surface area contributed by atoms with Gasteiger partial charge in [-0.05, 0) is 17.7 Å². The number of ether oxygens (including phenoxy) is 1. The average molecular weight is 252 g/mol. The Hall–Kier alpha value is -2.35. The molecule has 96 valence electrons. The van der Waals surface area contributed by atoms with Crippen molar-refractivity contribution in [3.05, 3.63) is 71.3 Å². The van der Waals surface area contributed by atoms with E-state index in [1.165, 1.54) is 0 Å². The first-order valence-corrected chi connectivity index (χ1v) is 6.43. The highest BCUT2D eigenvalue weighted by Gasteiger charge is 2.25. The van der Waals surface area contributed by atoms with Gasteiger partial charge in [0.2, 0.25) is 0 Å². The third kappa shape index (κ3) is 2.74. The third-order valence-corrected chi connectivity index (χ3v) is 2.71. The van der Waals surface area contributed by atoms with Crippen molar-refractivity contribution in [1.29, 1.82) is 0 Å². The number of carbonyl (C=O) groups is 1. The van der Waals surface area contributed by atoms with E-state index in [4.69, 9.17) is 4.74 Å². The van der Waals surface area contributed by atoms with Crippen LogP contribution in [0.2, 0.25) is 0 Å². The van der Waals surface area contributed by atoms with Crippen molar-refractivity contribution < 1.29 is 9.53 Å². The Morgan fingerprint density at radius 2 is 1.42 bits per heavy atom. The molecule has 0 unspecified atom stereocenters. The van der Waals surface area contributed by atoms with Gasteiger partial charge in [-0.1, -0.05) is 62.4 Å². The highest BCUT2D eigenvalue weighted by atomic mass is 16.5. The van der Waals surface area contributed by atoms with Gasteiger partial charge in [0.1, 0.15) is 5.76 Å². The number of carbonyl (C=O) groups excluding carboxylic acids is 1. The van der Waals surface area contributed by atoms with Crippen LogP contribution in [0.15, 0.2) is 54.6 Å². The third-order valence-electron chi connectivity index (χ3n) is 2.71. The van der Waals surface area contributed by atoms with Crippen molar-refractivity contribution in [3.8, 4) is 0 Å². The van der Waals surface area contributed by atoms with Crippen LogP contribution in [0.25, 0.3) is 11.8 Å². The average Bonchev–Trinajstić information content (AvgIpc) is 2.79. The SMILES string of the molecule is CC.O=C1O/C(=C\c2ccccc2)c2ccccc21. The van der Waals surface area contributed by atoms with E-state index in [0.29, 0.717) is 11.3 Å². The molecule has 1 aliphatic heterocycles. The second-order valence-electron chi connectivity index (χ2n) is 3.85. The van der Waals surface area contributed by atoms with Gasteiger partial charge in [-0.2, -0.15) is 0 Å². The smallest absolute Gasteiger partial charge is 0.344 e. The number of fused-ring (bicyclic) bond motifs is 1. The molecule has 0 radical (unpaired) electrons. The van der Waals surface area contributed by atoms with Crippen molar-refractivity contribution in [2.24, 2.45) is 0 Å². The van der Waals surface area contributed by atoms with Crippen LogP contribution < -0.4 is 0 Å². The van der Waals surface area contributed by atoms with E-state index in [-0.39, 0.29) is 5.97 Å². The summed E-state index contributed by atoms with van der Waals surface area (Å²) in [4.78, 5) is 11.6. The van der Waals surface area contributed by atoms with E-state index < -0.39 is 0 Å². The van der Waals surface area contributed by atoms with Crippen LogP contribution in [0.4, 0.5) is 0 Å². The number of benzene rings is 2. The Bertz CT molecular complexity index is 598. The predicted molar refractivity (Wildman–Crippen MR) is 77.5 cm³/mol. The first-order chi connectivity index (χ1) is 9.34. The molecule has 0 amide bonds. The van der Waals surface area contributed by atoms with Crippen molar-refractivity contribution in [3.63, 3.8) is 0 Å². The van der Waals surface area contributed by atoms with Crippen molar-refractivity contribution in [1.82, 2.24) is 0 Å². The normalized spacial score (nSPS) is 14.4. The van der Waals surface area contributed by atoms with Crippen LogP contribution in [0.3, 0.4) is 0 Å². The lowest BCUT2D eigenvalue weighted by molar-refractivity contribution is 0.0717. The molecule has 2 heteroatoms. The minimum absolute atomic E-state index is 0.275. The molecule has 0 bridgehead atoms. The lowest BCUT2D eigenvalue weighted by atomic mass is 10.1. The molecule has 0 N–H and O–H groups in total. The zero-order chi connectivity index (χ0) is 13.7. The summed E-state index contributed by atoms with van der Waals surface area (Å²) in [7, 11) is 0. The van der Waals surface area contributed by atoms with E-state index in [9.17, 15) is 4.79 Å². The van der Waals surface area contributed by atoms with E-state index in [1.54, 1.807) is 6.07 Å². The van der Waals surface area contributed by atoms with Crippen LogP contribution in [-0.4, -0.2) is 5.97 Å². The van der Waals surface area contributed by atoms with Crippen LogP contribution in [0.1, 0.15) is 35.3 Å². The number of rotatable bonds is 1. The Kier molecular flexibility index (Phi) is 4.14. The summed E-state index contributed by atoms with van der Waals surface area (Å²) in [5.74, 6) is 0.347. The molecule has 1 heterocycles. The fourth-order valence-electron chi connectivity index (χ4n) is 1.89. The van der Waals surface area contributed by atoms with Gasteiger partial charge in [0.05, 0.1) is 5.56 Å². The highest BCUT2D eigenvalue weighted by molar-refractivity contribution is 6.05. The van der Waals surface area contributed by atoms with E-state index in [0.717, 1.165) is 11.1 Å². The summed E-state index contributed by atoms with van der Waals surface area (Å²) in [5.41, 5.74) is 2.52. The molecule has 0 saturated carbocycles. The molecule has 2 aromatic rings. The van der Waals surface area contributed by atoms with Gasteiger partial charge in [0, 0.05) is 5.56 Å². The summed E-state index contributed by atoms with van der Waals surface area (Å²) < 4.78 is 5.26. The fourth-order valence-corrected chi connectivity index (χ4v) is 1.89. The van der Waals surface area contributed by atoms with E-state index in [1.807, 2.05) is 68.5 Å². The molecular formula is C17H16O2. The zero-order valence-corrected chi connectivity index (χ0v) is 11.1. The minimum atomic E-state index is -0.275. The maximum atomic E-state index is 11.6. The highest BCUT2D eigenvalue weighted by Crippen LogP contribution is 2.30. The molecule has 0 atom stereocenters. The van der Waals surface area contributed by atoms with Gasteiger partial charge in [-0.25, -0.2) is 4.79 Å². The minimum Gasteiger partial charge on any atom is -0.422 e. The van der Waals surface area contributed by atoms with Gasteiger partial charge in [0.25, 0.3) is 0 Å². The lowest BCUT2D eigenvalue weighted by Gasteiger charge is -1.98. The van der Waals surface area contributed by atoms with Gasteiger partial charge in [-0.3, -0.25) is 0 Å². The molecule has 2 aromatic carbocycles. The van der Waals surface area contributed by atoms with Gasteiger partial charge in [-0.15, -0.1) is 0 Å². The summed E-state index contributed by atoms with van der Waals surface area (Å²) in [6.07, 6.45) is 1.88. The first-order valence-electron chi connectivity index (χ1n) is 6.43. The quantitative estimate of drug-likeness (QED) is 0.704. The van der Waals surface area contributed by atoms with E-state index in [2.05, 4.69) is 0 Å². The monoisotopic (exact) mass is 252 g/mol. The number of esters is 1. The zero-order valence-electron chi connectivity index (χ0n) is 11.1. The number of hydrogen-bond donors (Lipinski definition) is 0. The van der Waals surface area contributed by atoms with Gasteiger partial charge in [0.15, 0.2) is 0 Å². The van der Waals surface area contributed by atoms with Gasteiger partial charge >= 0.3 is 5.97 Å². The van der Waals surface area contributed by atoms with Crippen LogP contribution in [-0.2, 0) is 4.74 Å². The molecular weight excluding hydrogens is 236 g/mol. The second-order valence-corrected chi connectivity index (χ2v) is 3.85. The topological polar surface area (TPSA) is 26.3 Å². The maximum Gasteiger partial charge on any atom is 0.344 e. The Morgan fingerprint density at radius 3 is 2.11 bits per heavy atom. The summed E-state index contributed by atoms with van der Waals surface area (Å²) in [6, 6.07) is 17.2. The summed E-state index contributed by atoms with van der Waals surface area (Å²) >= 11 is 0. The largest absolute Gasteiger partial charge is 0.422 e. The summed E-state index contributed by atoms with van der Waals surface area (Å²) in [6.45, 7) is 4.00. The molecule has 0 fully saturated rings. The molecule has 0 aliphatic carbocycles. The summed E-state index contributed by atoms with van der Waals surface area (Å²) in [5, 5.41) is 0. The molecule has 0 spiro atoms. The Morgan fingerprint density at radius 1 is 0.842 bits per heavy atom. The van der Waals surface area contributed by atoms with Crippen molar-refractivity contribution in [2.45, 2.75) is 13.8 Å². The van der Waals surface area contributed by atoms with Crippen LogP contribution >= 0.6 is 0 Å². The first kappa shape index (κ1) is 13.1. The predicted octanol–water partition coefficient (Wildman–Crippen LogP) is 4.38. The van der Waals surface area contributed by atoms with Gasteiger partial charge < -0.3 is 4.74 Å². The van der Waals surface area contributed by atoms with Crippen LogP contribution in [0, 0.1) is 0 Å². The molecule has 1 aliphatic rings. The molecule has 3 rings (SSSR count). The van der Waals surface area contributed by atoms with E-state index >= 15 is 0 Å². The Labute approximate surface area is 113 Å². The fraction of sp³-hybridized carbons (Fsp3) is 0.118. The van der Waals surface area contributed by atoms with Crippen molar-refractivity contribution in [2.75, 3.05) is 0 Å². The lowest BCUT2D eigenvalue weighted by Crippen LogP contribution is -1.92. The molecule has 19 heavy (non-hydrogen) atoms. The maximum absolute atomic E-state index is 11.6.